The van der Waals surface area contributed by atoms with Crippen molar-refractivity contribution in [3.05, 3.63) is 30.1 Å². The molecule has 1 aromatic rings. The highest BCUT2D eigenvalue weighted by atomic mass is 35.5. The predicted octanol–water partition coefficient (Wildman–Crippen LogP) is 1.48. The molecule has 4 nitrogen and oxygen atoms in total. The van der Waals surface area contributed by atoms with Gasteiger partial charge in [-0.05, 0) is 37.1 Å². The maximum Gasteiger partial charge on any atom is 0.233 e. The Labute approximate surface area is 112 Å². The first kappa shape index (κ1) is 16.7. The molecule has 1 aromatic carbocycles. The molecule has 0 heterocycles. The summed E-state index contributed by atoms with van der Waals surface area (Å²) in [5.74, 6) is 0.226. The van der Waals surface area contributed by atoms with Gasteiger partial charge in [-0.25, -0.2) is 4.39 Å². The SMILES string of the molecule is Cl.NCC(=O)NCCCCOc1ccc(F)cc1. The maximum atomic E-state index is 12.6. The van der Waals surface area contributed by atoms with Gasteiger partial charge in [0.25, 0.3) is 0 Å². The Morgan fingerprint density at radius 2 is 1.94 bits per heavy atom. The average molecular weight is 277 g/mol. The summed E-state index contributed by atoms with van der Waals surface area (Å²) in [6.07, 6.45) is 1.65. The molecule has 0 fully saturated rings. The van der Waals surface area contributed by atoms with Crippen LogP contribution in [0.15, 0.2) is 24.3 Å². The molecule has 0 aliphatic carbocycles. The Balaban J connectivity index is 0.00000289. The fourth-order valence-corrected chi connectivity index (χ4v) is 1.25. The second-order valence-corrected chi connectivity index (χ2v) is 3.56. The summed E-state index contributed by atoms with van der Waals surface area (Å²) in [5, 5.41) is 2.67. The molecule has 0 atom stereocenters. The first-order chi connectivity index (χ1) is 8.22. The number of halogens is 2. The van der Waals surface area contributed by atoms with Gasteiger partial charge in [0.1, 0.15) is 11.6 Å². The Morgan fingerprint density at radius 3 is 2.56 bits per heavy atom. The number of nitrogens with one attached hydrogen (secondary N) is 1. The van der Waals surface area contributed by atoms with Gasteiger partial charge in [0.05, 0.1) is 13.2 Å². The molecule has 102 valence electrons. The number of ether oxygens (including phenoxy) is 1. The van der Waals surface area contributed by atoms with Crippen molar-refractivity contribution in [1.82, 2.24) is 5.32 Å². The lowest BCUT2D eigenvalue weighted by Gasteiger charge is -2.06. The zero-order valence-corrected chi connectivity index (χ0v) is 10.8. The monoisotopic (exact) mass is 276 g/mol. The Morgan fingerprint density at radius 1 is 1.28 bits per heavy atom. The van der Waals surface area contributed by atoms with Gasteiger partial charge in [0.2, 0.25) is 5.91 Å². The van der Waals surface area contributed by atoms with Crippen LogP contribution in [0.25, 0.3) is 0 Å². The van der Waals surface area contributed by atoms with Crippen molar-refractivity contribution in [3.63, 3.8) is 0 Å². The van der Waals surface area contributed by atoms with Crippen LogP contribution in [0, 0.1) is 5.82 Å². The second kappa shape index (κ2) is 9.67. The van der Waals surface area contributed by atoms with E-state index < -0.39 is 0 Å². The first-order valence-electron chi connectivity index (χ1n) is 5.57. The summed E-state index contributed by atoms with van der Waals surface area (Å²) >= 11 is 0. The van der Waals surface area contributed by atoms with Gasteiger partial charge in [-0.15, -0.1) is 12.4 Å². The topological polar surface area (TPSA) is 64.4 Å². The smallest absolute Gasteiger partial charge is 0.233 e. The quantitative estimate of drug-likeness (QED) is 0.742. The summed E-state index contributed by atoms with van der Waals surface area (Å²) in [4.78, 5) is 10.8. The number of unbranched alkanes of at least 4 members (excludes halogenated alkanes) is 1. The Kier molecular flexibility index (Phi) is 8.96. The van der Waals surface area contributed by atoms with Crippen LogP contribution in [-0.4, -0.2) is 25.6 Å². The summed E-state index contributed by atoms with van der Waals surface area (Å²) in [7, 11) is 0. The molecule has 0 aromatic heterocycles. The van der Waals surface area contributed by atoms with E-state index in [1.54, 1.807) is 12.1 Å². The van der Waals surface area contributed by atoms with Gasteiger partial charge in [-0.1, -0.05) is 0 Å². The van der Waals surface area contributed by atoms with Gasteiger partial charge in [-0.2, -0.15) is 0 Å². The molecular weight excluding hydrogens is 259 g/mol. The van der Waals surface area contributed by atoms with Crippen molar-refractivity contribution < 1.29 is 13.9 Å². The summed E-state index contributed by atoms with van der Waals surface area (Å²) in [6.45, 7) is 1.17. The maximum absolute atomic E-state index is 12.6. The summed E-state index contributed by atoms with van der Waals surface area (Å²) < 4.78 is 18.0. The van der Waals surface area contributed by atoms with Gasteiger partial charge < -0.3 is 15.8 Å². The summed E-state index contributed by atoms with van der Waals surface area (Å²) in [5.41, 5.74) is 5.13. The van der Waals surface area contributed by atoms with E-state index >= 15 is 0 Å². The number of benzene rings is 1. The molecule has 18 heavy (non-hydrogen) atoms. The molecular formula is C12H18ClFN2O2. The third-order valence-corrected chi connectivity index (χ3v) is 2.16. The van der Waals surface area contributed by atoms with E-state index in [1.165, 1.54) is 12.1 Å². The molecule has 6 heteroatoms. The van der Waals surface area contributed by atoms with Gasteiger partial charge in [0.15, 0.2) is 0 Å². The number of hydrogen-bond donors (Lipinski definition) is 2. The van der Waals surface area contributed by atoms with Gasteiger partial charge in [0, 0.05) is 6.54 Å². The third-order valence-electron chi connectivity index (χ3n) is 2.16. The van der Waals surface area contributed by atoms with Crippen LogP contribution in [0.2, 0.25) is 0 Å². The fraction of sp³-hybridized carbons (Fsp3) is 0.417. The number of carbonyl (C=O) groups is 1. The highest BCUT2D eigenvalue weighted by molar-refractivity contribution is 5.85. The van der Waals surface area contributed by atoms with Gasteiger partial charge >= 0.3 is 0 Å². The largest absolute Gasteiger partial charge is 0.494 e. The van der Waals surface area contributed by atoms with Crippen molar-refractivity contribution in [1.29, 1.82) is 0 Å². The van der Waals surface area contributed by atoms with Crippen molar-refractivity contribution in [2.45, 2.75) is 12.8 Å². The minimum Gasteiger partial charge on any atom is -0.494 e. The van der Waals surface area contributed by atoms with Crippen molar-refractivity contribution >= 4 is 18.3 Å². The lowest BCUT2D eigenvalue weighted by Crippen LogP contribution is -2.31. The molecule has 0 spiro atoms. The summed E-state index contributed by atoms with van der Waals surface area (Å²) in [6, 6.07) is 5.89. The number of hydrogen-bond acceptors (Lipinski definition) is 3. The highest BCUT2D eigenvalue weighted by Crippen LogP contribution is 2.11. The van der Waals surface area contributed by atoms with E-state index in [0.29, 0.717) is 18.9 Å². The third kappa shape index (κ3) is 7.09. The van der Waals surface area contributed by atoms with Gasteiger partial charge in [-0.3, -0.25) is 4.79 Å². The molecule has 1 rings (SSSR count). The standard InChI is InChI=1S/C12H17FN2O2.ClH/c13-10-3-5-11(6-4-10)17-8-2-1-7-15-12(16)9-14;/h3-6H,1-2,7-9,14H2,(H,15,16);1H. The van der Waals surface area contributed by atoms with Crippen LogP contribution in [0.1, 0.15) is 12.8 Å². The van der Waals surface area contributed by atoms with Crippen LogP contribution in [0.3, 0.4) is 0 Å². The molecule has 1 amide bonds. The molecule has 0 saturated carbocycles. The number of amides is 1. The lowest BCUT2D eigenvalue weighted by atomic mass is 10.3. The van der Waals surface area contributed by atoms with Crippen LogP contribution < -0.4 is 15.8 Å². The number of rotatable bonds is 7. The normalized spacial score (nSPS) is 9.44. The van der Waals surface area contributed by atoms with E-state index in [9.17, 15) is 9.18 Å². The second-order valence-electron chi connectivity index (χ2n) is 3.56. The first-order valence-corrected chi connectivity index (χ1v) is 5.57. The zero-order valence-electron chi connectivity index (χ0n) is 10.0. The molecule has 3 N–H and O–H groups in total. The zero-order chi connectivity index (χ0) is 12.5. The van der Waals surface area contributed by atoms with E-state index in [0.717, 1.165) is 12.8 Å². The molecule has 0 bridgehead atoms. The molecule has 0 aliphatic heterocycles. The van der Waals surface area contributed by atoms with E-state index in [4.69, 9.17) is 10.5 Å². The predicted molar refractivity (Wildman–Crippen MR) is 70.4 cm³/mol. The average Bonchev–Trinajstić information content (AvgIpc) is 2.35. The molecule has 0 saturated heterocycles. The van der Waals surface area contributed by atoms with Crippen LogP contribution >= 0.6 is 12.4 Å². The number of nitrogens with two attached hydrogens (primary N) is 1. The van der Waals surface area contributed by atoms with Crippen LogP contribution in [0.4, 0.5) is 4.39 Å². The molecule has 0 aliphatic rings. The molecule has 0 radical (unpaired) electrons. The van der Waals surface area contributed by atoms with Crippen molar-refractivity contribution in [2.75, 3.05) is 19.7 Å². The molecule has 0 unspecified atom stereocenters. The fourth-order valence-electron chi connectivity index (χ4n) is 1.25. The highest BCUT2D eigenvalue weighted by Gasteiger charge is 1.97. The Bertz CT molecular complexity index is 346. The van der Waals surface area contributed by atoms with Crippen LogP contribution in [-0.2, 0) is 4.79 Å². The minimum absolute atomic E-state index is 0. The van der Waals surface area contributed by atoms with E-state index in [2.05, 4.69) is 5.32 Å². The van der Waals surface area contributed by atoms with Crippen molar-refractivity contribution in [2.24, 2.45) is 5.73 Å². The Hall–Kier alpha value is -1.33. The van der Waals surface area contributed by atoms with E-state index in [-0.39, 0.29) is 30.7 Å². The van der Waals surface area contributed by atoms with Crippen LogP contribution in [0.5, 0.6) is 5.75 Å². The lowest BCUT2D eigenvalue weighted by molar-refractivity contribution is -0.119. The van der Waals surface area contributed by atoms with Crippen molar-refractivity contribution in [3.8, 4) is 5.75 Å². The number of carbonyl (C=O) groups excluding carboxylic acids is 1. The van der Waals surface area contributed by atoms with E-state index in [1.807, 2.05) is 0 Å². The minimum atomic E-state index is -0.276.